The lowest BCUT2D eigenvalue weighted by Crippen LogP contribution is -2.46. The van der Waals surface area contributed by atoms with Gasteiger partial charge in [0.25, 0.3) is 0 Å². The lowest BCUT2D eigenvalue weighted by molar-refractivity contribution is -0.119. The number of Topliss-reactive ketones (excluding diaryl/α,β-unsaturated/α-hetero) is 1. The van der Waals surface area contributed by atoms with Crippen molar-refractivity contribution in [1.29, 1.82) is 0 Å². The van der Waals surface area contributed by atoms with Gasteiger partial charge < -0.3 is 4.79 Å². The lowest BCUT2D eigenvalue weighted by Gasteiger charge is -2.32. The maximum absolute atomic E-state index is 11.0. The van der Waals surface area contributed by atoms with Crippen molar-refractivity contribution in [3.05, 3.63) is 0 Å². The molecule has 4 nitrogen and oxygen atoms in total. The summed E-state index contributed by atoms with van der Waals surface area (Å²) in [6.07, 6.45) is 1.45. The van der Waals surface area contributed by atoms with Gasteiger partial charge in [-0.1, -0.05) is 0 Å². The minimum Gasteiger partial charge on any atom is -0.302 e. The molecule has 0 saturated carbocycles. The van der Waals surface area contributed by atoms with E-state index in [0.29, 0.717) is 6.42 Å². The maximum atomic E-state index is 11.0. The average molecular weight is 188 g/mol. The van der Waals surface area contributed by atoms with Crippen LogP contribution in [0, 0.1) is 0 Å². The van der Waals surface area contributed by atoms with Crippen molar-refractivity contribution >= 4 is 24.2 Å². The molecule has 0 radical (unpaired) electrons. The van der Waals surface area contributed by atoms with Crippen LogP contribution < -0.4 is 4.72 Å². The molecule has 1 aliphatic heterocycles. The highest BCUT2D eigenvalue weighted by molar-refractivity contribution is 7.95. The Hall–Kier alpha value is -0.390. The molecule has 0 aromatic rings. The molecule has 2 unspecified atom stereocenters. The Morgan fingerprint density at radius 2 is 2.42 bits per heavy atom. The van der Waals surface area contributed by atoms with Crippen molar-refractivity contribution in [3.8, 4) is 0 Å². The summed E-state index contributed by atoms with van der Waals surface area (Å²) < 4.78 is 4.78. The molecule has 0 bridgehead atoms. The number of carbonyl (C=O) groups excluding carboxylic acids is 2. The molecule has 1 saturated heterocycles. The number of aldehydes is 1. The molecule has 0 aliphatic carbocycles. The van der Waals surface area contributed by atoms with Crippen molar-refractivity contribution in [2.75, 3.05) is 7.05 Å². The van der Waals surface area contributed by atoms with Crippen LogP contribution in [0.15, 0.2) is 0 Å². The van der Waals surface area contributed by atoms with Gasteiger partial charge in [0.05, 0.1) is 12.1 Å². The smallest absolute Gasteiger partial charge is 0.147 e. The van der Waals surface area contributed by atoms with E-state index in [1.54, 1.807) is 0 Å². The van der Waals surface area contributed by atoms with Crippen LogP contribution in [0.2, 0.25) is 0 Å². The first-order valence-corrected chi connectivity index (χ1v) is 4.53. The Balaban J connectivity index is 2.55. The van der Waals surface area contributed by atoms with Crippen molar-refractivity contribution in [1.82, 2.24) is 9.03 Å². The van der Waals surface area contributed by atoms with Crippen molar-refractivity contribution < 1.29 is 9.59 Å². The molecular formula is C7H12N2O2S. The van der Waals surface area contributed by atoms with Gasteiger partial charge in [-0.15, -0.1) is 0 Å². The van der Waals surface area contributed by atoms with Gasteiger partial charge in [-0.3, -0.25) is 4.79 Å². The van der Waals surface area contributed by atoms with E-state index < -0.39 is 0 Å². The summed E-state index contributed by atoms with van der Waals surface area (Å²) in [5, 5.41) is 0. The van der Waals surface area contributed by atoms with Crippen molar-refractivity contribution in [2.24, 2.45) is 0 Å². The van der Waals surface area contributed by atoms with Gasteiger partial charge in [0.15, 0.2) is 0 Å². The van der Waals surface area contributed by atoms with Crippen LogP contribution in [-0.4, -0.2) is 35.5 Å². The third kappa shape index (κ3) is 2.06. The molecular weight excluding hydrogens is 176 g/mol. The van der Waals surface area contributed by atoms with Gasteiger partial charge in [0.2, 0.25) is 0 Å². The van der Waals surface area contributed by atoms with E-state index in [-0.39, 0.29) is 17.9 Å². The first kappa shape index (κ1) is 9.70. The summed E-state index contributed by atoms with van der Waals surface area (Å²) in [7, 11) is 1.83. The second-order valence-corrected chi connectivity index (χ2v) is 3.85. The molecule has 0 aromatic heterocycles. The lowest BCUT2D eigenvalue weighted by atomic mass is 10.1. The fourth-order valence-corrected chi connectivity index (χ4v) is 1.87. The minimum absolute atomic E-state index is 0.0856. The van der Waals surface area contributed by atoms with E-state index in [9.17, 15) is 9.59 Å². The summed E-state index contributed by atoms with van der Waals surface area (Å²) in [5.74, 6) is 0.0856. The minimum atomic E-state index is -0.179. The van der Waals surface area contributed by atoms with E-state index in [1.807, 2.05) is 11.4 Å². The highest BCUT2D eigenvalue weighted by atomic mass is 32.2. The Morgan fingerprint density at radius 1 is 1.75 bits per heavy atom. The zero-order valence-electron chi connectivity index (χ0n) is 7.11. The van der Waals surface area contributed by atoms with Crippen molar-refractivity contribution in [3.63, 3.8) is 0 Å². The second kappa shape index (κ2) is 4.02. The fourth-order valence-electron chi connectivity index (χ4n) is 1.04. The SMILES string of the molecule is CC(=O)C1CC(C=O)N(C)SN1. The molecule has 0 amide bonds. The molecule has 0 spiro atoms. The Labute approximate surface area is 75.9 Å². The summed E-state index contributed by atoms with van der Waals surface area (Å²) >= 11 is 1.32. The van der Waals surface area contributed by atoms with E-state index in [2.05, 4.69) is 4.72 Å². The van der Waals surface area contributed by atoms with Gasteiger partial charge >= 0.3 is 0 Å². The monoisotopic (exact) mass is 188 g/mol. The van der Waals surface area contributed by atoms with Crippen LogP contribution in [0.5, 0.6) is 0 Å². The predicted octanol–water partition coefficient (Wildman–Crippen LogP) is -0.000200. The topological polar surface area (TPSA) is 49.4 Å². The summed E-state index contributed by atoms with van der Waals surface area (Å²) in [5.41, 5.74) is 0. The van der Waals surface area contributed by atoms with Gasteiger partial charge in [-0.25, -0.2) is 9.03 Å². The predicted molar refractivity (Wildman–Crippen MR) is 47.4 cm³/mol. The summed E-state index contributed by atoms with van der Waals surface area (Å²) in [6, 6.07) is -0.327. The van der Waals surface area contributed by atoms with Gasteiger partial charge in [-0.2, -0.15) is 0 Å². The van der Waals surface area contributed by atoms with Crippen LogP contribution in [0.4, 0.5) is 0 Å². The van der Waals surface area contributed by atoms with E-state index in [1.165, 1.54) is 19.1 Å². The molecule has 68 valence electrons. The third-order valence-electron chi connectivity index (χ3n) is 1.93. The standard InChI is InChI=1S/C7H12N2O2S/c1-5(11)7-3-6(4-10)9(2)12-8-7/h4,6-8H,3H2,1-2H3. The molecule has 0 aromatic carbocycles. The molecule has 1 rings (SSSR count). The number of hydrogen-bond donors (Lipinski definition) is 1. The number of rotatable bonds is 2. The Bertz CT molecular complexity index is 198. The number of hydrogen-bond acceptors (Lipinski definition) is 5. The number of likely N-dealkylation sites (N-methyl/N-ethyl adjacent to an activating group) is 1. The molecule has 1 N–H and O–H groups in total. The molecule has 1 heterocycles. The second-order valence-electron chi connectivity index (χ2n) is 2.86. The molecule has 5 heteroatoms. The summed E-state index contributed by atoms with van der Waals surface area (Å²) in [6.45, 7) is 1.53. The quantitative estimate of drug-likeness (QED) is 0.488. The first-order chi connectivity index (χ1) is 5.65. The molecule has 1 fully saturated rings. The largest absolute Gasteiger partial charge is 0.302 e. The Morgan fingerprint density at radius 3 is 2.92 bits per heavy atom. The van der Waals surface area contributed by atoms with E-state index in [4.69, 9.17) is 0 Å². The fraction of sp³-hybridized carbons (Fsp3) is 0.714. The van der Waals surface area contributed by atoms with Crippen LogP contribution in [0.3, 0.4) is 0 Å². The molecule has 12 heavy (non-hydrogen) atoms. The zero-order valence-corrected chi connectivity index (χ0v) is 7.93. The highest BCUT2D eigenvalue weighted by Crippen LogP contribution is 2.19. The number of nitrogens with zero attached hydrogens (tertiary/aromatic N) is 1. The average Bonchev–Trinajstić information content (AvgIpc) is 2.05. The zero-order chi connectivity index (χ0) is 9.14. The van der Waals surface area contributed by atoms with Gasteiger partial charge in [0.1, 0.15) is 12.1 Å². The van der Waals surface area contributed by atoms with Gasteiger partial charge in [-0.05, 0) is 20.4 Å². The molecule has 2 atom stereocenters. The maximum Gasteiger partial charge on any atom is 0.147 e. The van der Waals surface area contributed by atoms with Crippen LogP contribution in [0.1, 0.15) is 13.3 Å². The van der Waals surface area contributed by atoms with E-state index >= 15 is 0 Å². The van der Waals surface area contributed by atoms with Crippen molar-refractivity contribution in [2.45, 2.75) is 25.4 Å². The first-order valence-electron chi connectivity index (χ1n) is 3.76. The number of ketones is 1. The normalized spacial score (nSPS) is 31.5. The number of carbonyl (C=O) groups is 2. The van der Waals surface area contributed by atoms with Crippen LogP contribution >= 0.6 is 12.1 Å². The van der Waals surface area contributed by atoms with Crippen LogP contribution in [0.25, 0.3) is 0 Å². The number of nitrogens with one attached hydrogen (secondary N) is 1. The van der Waals surface area contributed by atoms with E-state index in [0.717, 1.165) is 6.29 Å². The third-order valence-corrected chi connectivity index (χ3v) is 2.88. The van der Waals surface area contributed by atoms with Gasteiger partial charge in [0, 0.05) is 12.1 Å². The van der Waals surface area contributed by atoms with Crippen LogP contribution in [-0.2, 0) is 9.59 Å². The molecule has 1 aliphatic rings. The summed E-state index contributed by atoms with van der Waals surface area (Å²) in [4.78, 5) is 21.5. The Kier molecular flexibility index (Phi) is 3.25. The highest BCUT2D eigenvalue weighted by Gasteiger charge is 2.28.